The smallest absolute Gasteiger partial charge is 0.170 e. The molecule has 1 aliphatic rings. The van der Waals surface area contributed by atoms with Gasteiger partial charge >= 0.3 is 0 Å². The van der Waals surface area contributed by atoms with Crippen LogP contribution >= 0.6 is 19.5 Å². The zero-order valence-corrected chi connectivity index (χ0v) is 21.6. The van der Waals surface area contributed by atoms with Crippen LogP contribution in [-0.2, 0) is 9.30 Å². The van der Waals surface area contributed by atoms with Gasteiger partial charge in [-0.25, -0.2) is 0 Å². The minimum Gasteiger partial charge on any atom is -0.379 e. The summed E-state index contributed by atoms with van der Waals surface area (Å²) in [5, 5.41) is 7.08. The first-order valence-corrected chi connectivity index (χ1v) is 15.0. The third-order valence-corrected chi connectivity index (χ3v) is 7.75. The number of hydrogen-bond donors (Lipinski definition) is 2. The first-order valence-electron chi connectivity index (χ1n) is 12.0. The third-order valence-electron chi connectivity index (χ3n) is 5.74. The summed E-state index contributed by atoms with van der Waals surface area (Å²) in [7, 11) is -2.19. The first-order chi connectivity index (χ1) is 15.4. The predicted molar refractivity (Wildman–Crippen MR) is 139 cm³/mol. The van der Waals surface area contributed by atoms with Crippen LogP contribution in [0, 0.1) is 0 Å². The highest BCUT2D eigenvalue weighted by Gasteiger charge is 2.19. The third kappa shape index (κ3) is 12.3. The van der Waals surface area contributed by atoms with E-state index in [0.29, 0.717) is 5.11 Å². The van der Waals surface area contributed by atoms with E-state index >= 15 is 0 Å². The lowest BCUT2D eigenvalue weighted by atomic mass is 10.1. The van der Waals surface area contributed by atoms with E-state index in [1.165, 1.54) is 25.7 Å². The molecule has 0 aliphatic carbocycles. The Labute approximate surface area is 200 Å². The number of nitrogens with one attached hydrogen (secondary N) is 2. The SMILES string of the molecule is CP(C)(=O)N(CCCCCCCCNC(=S)Nc1ccncc1)CCCN1CCOCC1. The van der Waals surface area contributed by atoms with Crippen LogP contribution in [-0.4, -0.2) is 85.5 Å². The standard InChI is InChI=1S/C23H42N5O2PS/c1-31(2,29)28(17-9-15-27-18-20-30-21-19-27)16-8-6-4-3-5-7-12-25-23(32)26-22-10-13-24-14-11-22/h10-11,13-14H,3-9,12,15-21H2,1-2H3,(H2,24,25,26,32). The second-order valence-electron chi connectivity index (χ2n) is 8.79. The van der Waals surface area contributed by atoms with Gasteiger partial charge in [-0.2, -0.15) is 0 Å². The Kier molecular flexibility index (Phi) is 13.4. The molecule has 0 aromatic carbocycles. The van der Waals surface area contributed by atoms with Crippen molar-refractivity contribution >= 4 is 30.3 Å². The fourth-order valence-electron chi connectivity index (χ4n) is 3.83. The van der Waals surface area contributed by atoms with Crippen molar-refractivity contribution in [3.63, 3.8) is 0 Å². The zero-order valence-electron chi connectivity index (χ0n) is 19.9. The Balaban J connectivity index is 1.47. The molecule has 1 saturated heterocycles. The van der Waals surface area contributed by atoms with Crippen LogP contribution in [0.2, 0.25) is 0 Å². The van der Waals surface area contributed by atoms with Crippen LogP contribution in [0.5, 0.6) is 0 Å². The van der Waals surface area contributed by atoms with E-state index in [9.17, 15) is 4.57 Å². The molecule has 0 atom stereocenters. The van der Waals surface area contributed by atoms with E-state index in [0.717, 1.165) is 77.4 Å². The molecular formula is C23H42N5O2PS. The van der Waals surface area contributed by atoms with E-state index < -0.39 is 7.29 Å². The fraction of sp³-hybridized carbons (Fsp3) is 0.739. The van der Waals surface area contributed by atoms with Crippen LogP contribution < -0.4 is 10.6 Å². The molecule has 2 heterocycles. The van der Waals surface area contributed by atoms with Crippen molar-refractivity contribution in [2.75, 3.05) is 71.1 Å². The maximum atomic E-state index is 12.7. The second kappa shape index (κ2) is 15.7. The highest BCUT2D eigenvalue weighted by molar-refractivity contribution is 7.80. The number of aromatic nitrogens is 1. The van der Waals surface area contributed by atoms with Gasteiger partial charge in [0.1, 0.15) is 7.29 Å². The molecule has 0 bridgehead atoms. The van der Waals surface area contributed by atoms with Crippen molar-refractivity contribution in [3.8, 4) is 0 Å². The van der Waals surface area contributed by atoms with Crippen LogP contribution in [0.3, 0.4) is 0 Å². The van der Waals surface area contributed by atoms with Crippen molar-refractivity contribution in [2.24, 2.45) is 0 Å². The van der Waals surface area contributed by atoms with E-state index in [1.807, 2.05) is 25.5 Å². The predicted octanol–water partition coefficient (Wildman–Crippen LogP) is 4.27. The van der Waals surface area contributed by atoms with Crippen LogP contribution in [0.4, 0.5) is 5.69 Å². The molecule has 1 aromatic rings. The second-order valence-corrected chi connectivity index (χ2v) is 12.4. The van der Waals surface area contributed by atoms with Gasteiger partial charge in [0.2, 0.25) is 0 Å². The first kappa shape index (κ1) is 27.2. The number of ether oxygens (including phenoxy) is 1. The number of pyridine rings is 1. The minimum absolute atomic E-state index is 0.661. The Bertz CT molecular complexity index is 682. The lowest BCUT2D eigenvalue weighted by Gasteiger charge is -2.30. The molecule has 1 aliphatic heterocycles. The molecule has 0 amide bonds. The Morgan fingerprint density at radius 2 is 1.69 bits per heavy atom. The van der Waals surface area contributed by atoms with Gasteiger partial charge in [0.25, 0.3) is 0 Å². The average molecular weight is 484 g/mol. The molecule has 9 heteroatoms. The number of unbranched alkanes of at least 4 members (excludes halogenated alkanes) is 5. The summed E-state index contributed by atoms with van der Waals surface area (Å²) in [5.74, 6) is 0. The lowest BCUT2D eigenvalue weighted by Crippen LogP contribution is -2.38. The Hall–Kier alpha value is -1.05. The van der Waals surface area contributed by atoms with Gasteiger partial charge < -0.3 is 19.9 Å². The molecule has 2 N–H and O–H groups in total. The number of hydrogen-bond acceptors (Lipinski definition) is 5. The molecule has 1 fully saturated rings. The molecular weight excluding hydrogens is 441 g/mol. The van der Waals surface area contributed by atoms with Crippen LogP contribution in [0.1, 0.15) is 44.9 Å². The summed E-state index contributed by atoms with van der Waals surface area (Å²) in [5.41, 5.74) is 0.955. The van der Waals surface area contributed by atoms with Crippen molar-refractivity contribution < 1.29 is 9.30 Å². The molecule has 32 heavy (non-hydrogen) atoms. The highest BCUT2D eigenvalue weighted by Crippen LogP contribution is 2.41. The normalized spacial score (nSPS) is 15.1. The van der Waals surface area contributed by atoms with E-state index in [4.69, 9.17) is 17.0 Å². The monoisotopic (exact) mass is 483 g/mol. The van der Waals surface area contributed by atoms with Gasteiger partial charge in [-0.05, 0) is 50.2 Å². The summed E-state index contributed by atoms with van der Waals surface area (Å²) in [6.45, 7) is 11.4. The van der Waals surface area contributed by atoms with Gasteiger partial charge in [0.15, 0.2) is 5.11 Å². The molecule has 7 nitrogen and oxygen atoms in total. The van der Waals surface area contributed by atoms with Crippen LogP contribution in [0.15, 0.2) is 24.5 Å². The lowest BCUT2D eigenvalue weighted by molar-refractivity contribution is 0.0369. The maximum absolute atomic E-state index is 12.7. The summed E-state index contributed by atoms with van der Waals surface area (Å²) in [4.78, 5) is 6.45. The molecule has 182 valence electrons. The van der Waals surface area contributed by atoms with E-state index in [2.05, 4.69) is 25.2 Å². The van der Waals surface area contributed by atoms with Crippen molar-refractivity contribution in [1.82, 2.24) is 19.9 Å². The molecule has 0 unspecified atom stereocenters. The number of nitrogens with zero attached hydrogens (tertiary/aromatic N) is 3. The molecule has 2 rings (SSSR count). The van der Waals surface area contributed by atoms with Crippen molar-refractivity contribution in [1.29, 1.82) is 0 Å². The molecule has 0 spiro atoms. The van der Waals surface area contributed by atoms with Gasteiger partial charge in [0.05, 0.1) is 13.2 Å². The van der Waals surface area contributed by atoms with Gasteiger partial charge in [-0.15, -0.1) is 0 Å². The van der Waals surface area contributed by atoms with E-state index in [-0.39, 0.29) is 0 Å². The molecule has 0 saturated carbocycles. The maximum Gasteiger partial charge on any atom is 0.170 e. The summed E-state index contributed by atoms with van der Waals surface area (Å²) < 4.78 is 20.3. The van der Waals surface area contributed by atoms with Gasteiger partial charge in [-0.3, -0.25) is 14.6 Å². The quantitative estimate of drug-likeness (QED) is 0.218. The Morgan fingerprint density at radius 3 is 2.38 bits per heavy atom. The summed E-state index contributed by atoms with van der Waals surface area (Å²) >= 11 is 5.31. The number of thiocarbonyl (C=S) groups is 1. The van der Waals surface area contributed by atoms with Crippen molar-refractivity contribution in [2.45, 2.75) is 44.9 Å². The van der Waals surface area contributed by atoms with E-state index in [1.54, 1.807) is 12.4 Å². The van der Waals surface area contributed by atoms with Crippen molar-refractivity contribution in [3.05, 3.63) is 24.5 Å². The van der Waals surface area contributed by atoms with Crippen LogP contribution in [0.25, 0.3) is 0 Å². The topological polar surface area (TPSA) is 69.7 Å². The number of morpholine rings is 1. The van der Waals surface area contributed by atoms with Gasteiger partial charge in [0, 0.05) is 64.1 Å². The number of anilines is 1. The number of rotatable bonds is 15. The summed E-state index contributed by atoms with van der Waals surface area (Å²) in [6, 6.07) is 3.80. The average Bonchev–Trinajstić information content (AvgIpc) is 2.77. The highest BCUT2D eigenvalue weighted by atomic mass is 32.1. The minimum atomic E-state index is -2.19. The largest absolute Gasteiger partial charge is 0.379 e. The Morgan fingerprint density at radius 1 is 1.06 bits per heavy atom. The zero-order chi connectivity index (χ0) is 23.1. The summed E-state index contributed by atoms with van der Waals surface area (Å²) in [6.07, 6.45) is 11.7. The molecule has 0 radical (unpaired) electrons. The molecule has 1 aromatic heterocycles. The van der Waals surface area contributed by atoms with Gasteiger partial charge in [-0.1, -0.05) is 25.7 Å². The fourth-order valence-corrected chi connectivity index (χ4v) is 5.30.